The van der Waals surface area contributed by atoms with E-state index in [9.17, 15) is 24.6 Å². The van der Waals surface area contributed by atoms with Crippen molar-refractivity contribution in [3.05, 3.63) is 35.9 Å². The molecule has 2 saturated heterocycles. The minimum absolute atomic E-state index is 0.118. The van der Waals surface area contributed by atoms with Gasteiger partial charge in [0, 0.05) is 19.0 Å². The minimum Gasteiger partial charge on any atom is -0.480 e. The third-order valence-corrected chi connectivity index (χ3v) is 6.16. The first-order valence-electron chi connectivity index (χ1n) is 10.9. The van der Waals surface area contributed by atoms with Crippen LogP contribution in [0.25, 0.3) is 0 Å². The number of likely N-dealkylation sites (tertiary alicyclic amines) is 1. The number of benzene rings is 1. The van der Waals surface area contributed by atoms with Gasteiger partial charge >= 0.3 is 5.97 Å². The molecule has 0 spiro atoms. The smallest absolute Gasteiger partial charge is 0.326 e. The number of carbonyl (C=O) groups excluding carboxylic acids is 2. The molecular formula is C22H32N4O5. The summed E-state index contributed by atoms with van der Waals surface area (Å²) in [6, 6.07) is 7.63. The van der Waals surface area contributed by atoms with Crippen molar-refractivity contribution in [3.63, 3.8) is 0 Å². The van der Waals surface area contributed by atoms with Gasteiger partial charge in [0.2, 0.25) is 11.8 Å². The molecule has 2 heterocycles. The van der Waals surface area contributed by atoms with Gasteiger partial charge in [-0.05, 0) is 50.3 Å². The number of hydrogen-bond donors (Lipinski definition) is 5. The van der Waals surface area contributed by atoms with Crippen LogP contribution in [-0.4, -0.2) is 76.8 Å². The fourth-order valence-electron chi connectivity index (χ4n) is 4.45. The molecule has 1 aromatic rings. The molecule has 2 amide bonds. The van der Waals surface area contributed by atoms with E-state index in [0.717, 1.165) is 12.0 Å². The van der Waals surface area contributed by atoms with Crippen molar-refractivity contribution in [2.75, 3.05) is 19.6 Å². The molecular weight excluding hydrogens is 400 g/mol. The molecule has 0 aliphatic carbocycles. The monoisotopic (exact) mass is 432 g/mol. The number of aliphatic hydroxyl groups excluding tert-OH is 1. The lowest BCUT2D eigenvalue weighted by atomic mass is 10.0. The summed E-state index contributed by atoms with van der Waals surface area (Å²) < 4.78 is 0. The Bertz CT molecular complexity index is 774. The number of carbonyl (C=O) groups is 3. The summed E-state index contributed by atoms with van der Waals surface area (Å²) in [5.41, 5.74) is 6.62. The maximum atomic E-state index is 12.9. The predicted octanol–water partition coefficient (Wildman–Crippen LogP) is -0.523. The summed E-state index contributed by atoms with van der Waals surface area (Å²) >= 11 is 0. The number of aliphatic hydroxyl groups is 1. The molecule has 9 nitrogen and oxygen atoms in total. The van der Waals surface area contributed by atoms with Crippen LogP contribution >= 0.6 is 0 Å². The first kappa shape index (κ1) is 23.2. The normalized spacial score (nSPS) is 26.6. The predicted molar refractivity (Wildman–Crippen MR) is 114 cm³/mol. The Labute approximate surface area is 182 Å². The average molecular weight is 433 g/mol. The highest BCUT2D eigenvalue weighted by molar-refractivity contribution is 5.88. The van der Waals surface area contributed by atoms with Gasteiger partial charge in [0.1, 0.15) is 12.1 Å². The largest absolute Gasteiger partial charge is 0.480 e. The number of carboxylic acids is 1. The van der Waals surface area contributed by atoms with Gasteiger partial charge in [-0.3, -0.25) is 9.59 Å². The summed E-state index contributed by atoms with van der Waals surface area (Å²) in [7, 11) is 0. The Balaban J connectivity index is 1.53. The molecule has 9 heteroatoms. The molecule has 1 unspecified atom stereocenters. The number of carboxylic acid groups (broad SMARTS) is 1. The quantitative estimate of drug-likeness (QED) is 0.353. The van der Waals surface area contributed by atoms with Crippen LogP contribution in [0.4, 0.5) is 0 Å². The van der Waals surface area contributed by atoms with E-state index in [-0.39, 0.29) is 25.3 Å². The summed E-state index contributed by atoms with van der Waals surface area (Å²) in [4.78, 5) is 38.4. The van der Waals surface area contributed by atoms with Gasteiger partial charge in [0.05, 0.1) is 6.04 Å². The Morgan fingerprint density at radius 1 is 1.23 bits per heavy atom. The van der Waals surface area contributed by atoms with E-state index in [2.05, 4.69) is 10.6 Å². The Kier molecular flexibility index (Phi) is 8.00. The molecule has 2 aliphatic heterocycles. The summed E-state index contributed by atoms with van der Waals surface area (Å²) in [5.74, 6) is -1.58. The molecule has 0 bridgehead atoms. The summed E-state index contributed by atoms with van der Waals surface area (Å²) in [6.07, 6.45) is 1.20. The first-order chi connectivity index (χ1) is 14.9. The lowest BCUT2D eigenvalue weighted by Gasteiger charge is -2.25. The van der Waals surface area contributed by atoms with Gasteiger partial charge in [0.25, 0.3) is 0 Å². The highest BCUT2D eigenvalue weighted by Crippen LogP contribution is 2.24. The lowest BCUT2D eigenvalue weighted by molar-refractivity contribution is -0.148. The third kappa shape index (κ3) is 6.03. The van der Waals surface area contributed by atoms with Crippen molar-refractivity contribution in [3.8, 4) is 0 Å². The summed E-state index contributed by atoms with van der Waals surface area (Å²) in [6.45, 7) is 1.36. The molecule has 0 aromatic heterocycles. The van der Waals surface area contributed by atoms with Crippen molar-refractivity contribution in [1.29, 1.82) is 0 Å². The highest BCUT2D eigenvalue weighted by atomic mass is 16.4. The molecule has 0 radical (unpaired) electrons. The maximum Gasteiger partial charge on any atom is 0.326 e. The fraction of sp³-hybridized carbons (Fsp3) is 0.591. The number of amides is 2. The third-order valence-electron chi connectivity index (χ3n) is 6.16. The second kappa shape index (κ2) is 10.7. The number of hydrogen-bond acceptors (Lipinski definition) is 6. The molecule has 6 N–H and O–H groups in total. The zero-order chi connectivity index (χ0) is 22.4. The molecule has 3 rings (SSSR count). The van der Waals surface area contributed by atoms with Gasteiger partial charge in [-0.1, -0.05) is 30.3 Å². The highest BCUT2D eigenvalue weighted by Gasteiger charge is 2.43. The van der Waals surface area contributed by atoms with Crippen LogP contribution < -0.4 is 16.4 Å². The van der Waals surface area contributed by atoms with E-state index in [1.54, 1.807) is 0 Å². The number of aliphatic carboxylic acids is 1. The SMILES string of the molecule is NCCC1CN[C@H](C(=O)N2C[C@H](NC(=O)[C@H](O)CCc3ccccc3)C[C@H]2C(=O)O)C1. The van der Waals surface area contributed by atoms with Crippen molar-refractivity contribution in [2.45, 2.75) is 56.3 Å². The van der Waals surface area contributed by atoms with Gasteiger partial charge < -0.3 is 31.5 Å². The lowest BCUT2D eigenvalue weighted by Crippen LogP contribution is -2.49. The molecule has 2 aliphatic rings. The fourth-order valence-corrected chi connectivity index (χ4v) is 4.45. The van der Waals surface area contributed by atoms with Crippen LogP contribution in [0.1, 0.15) is 31.2 Å². The van der Waals surface area contributed by atoms with Crippen molar-refractivity contribution >= 4 is 17.8 Å². The number of nitrogens with one attached hydrogen (secondary N) is 2. The molecule has 2 fully saturated rings. The maximum absolute atomic E-state index is 12.9. The molecule has 0 saturated carbocycles. The zero-order valence-corrected chi connectivity index (χ0v) is 17.6. The van der Waals surface area contributed by atoms with E-state index >= 15 is 0 Å². The molecule has 5 atom stereocenters. The molecule has 1 aromatic carbocycles. The van der Waals surface area contributed by atoms with Crippen LogP contribution in [0, 0.1) is 5.92 Å². The second-order valence-corrected chi connectivity index (χ2v) is 8.47. The topological polar surface area (TPSA) is 145 Å². The van der Waals surface area contributed by atoms with E-state index in [4.69, 9.17) is 5.73 Å². The number of nitrogens with two attached hydrogens (primary N) is 1. The van der Waals surface area contributed by atoms with E-state index in [1.807, 2.05) is 30.3 Å². The van der Waals surface area contributed by atoms with E-state index < -0.39 is 36.1 Å². The molecule has 170 valence electrons. The van der Waals surface area contributed by atoms with Crippen molar-refractivity contribution in [2.24, 2.45) is 11.7 Å². The molecule has 31 heavy (non-hydrogen) atoms. The van der Waals surface area contributed by atoms with Gasteiger partial charge in [-0.2, -0.15) is 0 Å². The zero-order valence-electron chi connectivity index (χ0n) is 17.6. The van der Waals surface area contributed by atoms with Gasteiger partial charge in [-0.25, -0.2) is 4.79 Å². The number of rotatable bonds is 9. The average Bonchev–Trinajstić information content (AvgIpc) is 3.40. The second-order valence-electron chi connectivity index (χ2n) is 8.47. The number of nitrogens with zero attached hydrogens (tertiary/aromatic N) is 1. The van der Waals surface area contributed by atoms with Crippen LogP contribution in [-0.2, 0) is 20.8 Å². The minimum atomic E-state index is -1.19. The van der Waals surface area contributed by atoms with Crippen LogP contribution in [0.5, 0.6) is 0 Å². The Morgan fingerprint density at radius 2 is 1.97 bits per heavy atom. The number of aryl methyl sites for hydroxylation is 1. The first-order valence-corrected chi connectivity index (χ1v) is 10.9. The summed E-state index contributed by atoms with van der Waals surface area (Å²) in [5, 5.41) is 25.7. The van der Waals surface area contributed by atoms with E-state index in [0.29, 0.717) is 31.8 Å². The van der Waals surface area contributed by atoms with Crippen LogP contribution in [0.3, 0.4) is 0 Å². The van der Waals surface area contributed by atoms with Crippen molar-refractivity contribution < 1.29 is 24.6 Å². The van der Waals surface area contributed by atoms with E-state index in [1.165, 1.54) is 4.90 Å². The Morgan fingerprint density at radius 3 is 2.65 bits per heavy atom. The van der Waals surface area contributed by atoms with Gasteiger partial charge in [-0.15, -0.1) is 0 Å². The van der Waals surface area contributed by atoms with Crippen LogP contribution in [0.2, 0.25) is 0 Å². The standard InChI is InChI=1S/C22H32N4O5/c23-9-8-15-10-17(24-12-15)21(29)26-13-16(11-18(26)22(30)31)25-20(28)19(27)7-6-14-4-2-1-3-5-14/h1-5,15-19,24,27H,6-13,23H2,(H,25,28)(H,30,31)/t15?,16-,17+,18+,19-/m1/s1. The van der Waals surface area contributed by atoms with Gasteiger partial charge in [0.15, 0.2) is 0 Å². The van der Waals surface area contributed by atoms with Crippen molar-refractivity contribution in [1.82, 2.24) is 15.5 Å². The van der Waals surface area contributed by atoms with Crippen LogP contribution in [0.15, 0.2) is 30.3 Å². The Hall–Kier alpha value is -2.49.